The fraction of sp³-hybridized carbons (Fsp3) is 0.100. The van der Waals surface area contributed by atoms with E-state index in [1.165, 1.54) is 23.9 Å². The van der Waals surface area contributed by atoms with Gasteiger partial charge in [0.1, 0.15) is 17.4 Å². The maximum atomic E-state index is 13.4. The van der Waals surface area contributed by atoms with Gasteiger partial charge in [-0.3, -0.25) is 4.79 Å². The average molecular weight is 409 g/mol. The van der Waals surface area contributed by atoms with E-state index in [-0.39, 0.29) is 18.3 Å². The Balaban J connectivity index is 1.55. The molecular weight excluding hydrogens is 393 g/mol. The number of carbonyl (C=O) groups excluding carboxylic acids is 1. The van der Waals surface area contributed by atoms with Crippen LogP contribution in [0, 0.1) is 12.7 Å². The van der Waals surface area contributed by atoms with Crippen molar-refractivity contribution in [3.8, 4) is 0 Å². The molecule has 29 heavy (non-hydrogen) atoms. The lowest BCUT2D eigenvalue weighted by molar-refractivity contribution is -0.117. The van der Waals surface area contributed by atoms with Crippen molar-refractivity contribution in [2.75, 3.05) is 5.32 Å². The lowest BCUT2D eigenvalue weighted by atomic mass is 10.2. The first kappa shape index (κ1) is 18.9. The number of carbonyl (C=O) groups is 1. The van der Waals surface area contributed by atoms with Gasteiger partial charge in [-0.25, -0.2) is 13.9 Å². The number of hydrogen-bond acceptors (Lipinski definition) is 5. The molecule has 4 rings (SSSR count). The highest BCUT2D eigenvalue weighted by molar-refractivity contribution is 7.99. The van der Waals surface area contributed by atoms with Gasteiger partial charge >= 0.3 is 5.69 Å². The van der Waals surface area contributed by atoms with Gasteiger partial charge in [-0.15, -0.1) is 5.10 Å². The summed E-state index contributed by atoms with van der Waals surface area (Å²) in [5.74, 6) is -0.708. The van der Waals surface area contributed by atoms with Crippen molar-refractivity contribution in [2.24, 2.45) is 0 Å². The van der Waals surface area contributed by atoms with E-state index < -0.39 is 5.69 Å². The van der Waals surface area contributed by atoms with Gasteiger partial charge in [0, 0.05) is 10.6 Å². The number of nitrogens with zero attached hydrogens (tertiary/aromatic N) is 4. The van der Waals surface area contributed by atoms with Gasteiger partial charge in [0.25, 0.3) is 0 Å². The molecule has 0 spiro atoms. The van der Waals surface area contributed by atoms with Crippen molar-refractivity contribution in [3.63, 3.8) is 0 Å². The third kappa shape index (κ3) is 4.19. The van der Waals surface area contributed by atoms with Crippen LogP contribution in [0.1, 0.15) is 5.56 Å². The summed E-state index contributed by atoms with van der Waals surface area (Å²) in [4.78, 5) is 25.6. The molecule has 9 heteroatoms. The van der Waals surface area contributed by atoms with Crippen LogP contribution >= 0.6 is 11.8 Å². The molecule has 0 aliphatic rings. The Morgan fingerprint density at radius 3 is 2.72 bits per heavy atom. The summed E-state index contributed by atoms with van der Waals surface area (Å²) >= 11 is 1.22. The monoisotopic (exact) mass is 409 g/mol. The van der Waals surface area contributed by atoms with Gasteiger partial charge in [-0.2, -0.15) is 9.61 Å². The summed E-state index contributed by atoms with van der Waals surface area (Å²) in [6, 6.07) is 16.8. The summed E-state index contributed by atoms with van der Waals surface area (Å²) in [6.45, 7) is 1.65. The SMILES string of the molecule is Cc1ccccc1NC(=O)Cn1nc2ccc(Sc3cccc(F)c3)nn2c1=O. The molecule has 0 atom stereocenters. The minimum Gasteiger partial charge on any atom is -0.324 e. The van der Waals surface area contributed by atoms with Gasteiger partial charge in [0.2, 0.25) is 5.91 Å². The molecule has 146 valence electrons. The average Bonchev–Trinajstić information content (AvgIpc) is 2.99. The van der Waals surface area contributed by atoms with Crippen molar-refractivity contribution in [3.05, 3.63) is 82.5 Å². The predicted octanol–water partition coefficient (Wildman–Crippen LogP) is 3.13. The fourth-order valence-electron chi connectivity index (χ4n) is 2.74. The van der Waals surface area contributed by atoms with E-state index in [9.17, 15) is 14.0 Å². The van der Waals surface area contributed by atoms with E-state index in [0.29, 0.717) is 21.3 Å². The summed E-state index contributed by atoms with van der Waals surface area (Å²) in [5, 5.41) is 11.7. The van der Waals surface area contributed by atoms with Gasteiger partial charge in [0.05, 0.1) is 0 Å². The van der Waals surface area contributed by atoms with E-state index in [4.69, 9.17) is 0 Å². The highest BCUT2D eigenvalue weighted by Crippen LogP contribution is 2.26. The molecule has 0 aliphatic carbocycles. The number of hydrogen-bond donors (Lipinski definition) is 1. The summed E-state index contributed by atoms with van der Waals surface area (Å²) in [5.41, 5.74) is 1.40. The molecule has 0 bridgehead atoms. The van der Waals surface area contributed by atoms with Crippen LogP contribution < -0.4 is 11.0 Å². The molecule has 2 aromatic carbocycles. The first-order valence-electron chi connectivity index (χ1n) is 8.75. The second-order valence-electron chi connectivity index (χ2n) is 6.30. The van der Waals surface area contributed by atoms with Gasteiger partial charge in [-0.1, -0.05) is 36.0 Å². The van der Waals surface area contributed by atoms with Gasteiger partial charge < -0.3 is 5.32 Å². The molecule has 1 N–H and O–H groups in total. The molecule has 0 fully saturated rings. The Labute approximate surface area is 169 Å². The second-order valence-corrected chi connectivity index (χ2v) is 7.40. The minimum absolute atomic E-state index is 0.233. The largest absolute Gasteiger partial charge is 0.367 e. The van der Waals surface area contributed by atoms with Crippen LogP contribution in [0.4, 0.5) is 10.1 Å². The van der Waals surface area contributed by atoms with E-state index in [1.807, 2.05) is 25.1 Å². The first-order chi connectivity index (χ1) is 14.0. The third-order valence-electron chi connectivity index (χ3n) is 4.15. The van der Waals surface area contributed by atoms with Crippen LogP contribution in [0.2, 0.25) is 0 Å². The Kier molecular flexibility index (Phi) is 5.13. The van der Waals surface area contributed by atoms with Gasteiger partial charge in [-0.05, 0) is 48.9 Å². The van der Waals surface area contributed by atoms with Crippen LogP contribution in [-0.2, 0) is 11.3 Å². The summed E-state index contributed by atoms with van der Waals surface area (Å²) in [6.07, 6.45) is 0. The number of amides is 1. The van der Waals surface area contributed by atoms with E-state index >= 15 is 0 Å². The molecule has 7 nitrogen and oxygen atoms in total. The molecule has 1 amide bonds. The Bertz CT molecular complexity index is 1270. The lowest BCUT2D eigenvalue weighted by Gasteiger charge is -2.07. The number of aromatic nitrogens is 4. The standard InChI is InChI=1S/C20H16FN5O2S/c1-13-5-2-3-8-16(13)22-18(27)12-25-20(28)26-17(23-25)9-10-19(24-26)29-15-7-4-6-14(21)11-15/h2-11H,12H2,1H3,(H,22,27). The molecule has 0 radical (unpaired) electrons. The molecule has 0 aliphatic heterocycles. The smallest absolute Gasteiger partial charge is 0.324 e. The lowest BCUT2D eigenvalue weighted by Crippen LogP contribution is -2.29. The molecule has 0 saturated carbocycles. The topological polar surface area (TPSA) is 81.3 Å². The molecule has 4 aromatic rings. The van der Waals surface area contributed by atoms with Crippen molar-refractivity contribution in [2.45, 2.75) is 23.4 Å². The van der Waals surface area contributed by atoms with E-state index in [0.717, 1.165) is 14.8 Å². The third-order valence-corrected chi connectivity index (χ3v) is 5.06. The highest BCUT2D eigenvalue weighted by Gasteiger charge is 2.13. The molecule has 2 heterocycles. The van der Waals surface area contributed by atoms with Crippen LogP contribution in [-0.4, -0.2) is 25.3 Å². The number of benzene rings is 2. The number of fused-ring (bicyclic) bond motifs is 1. The number of para-hydroxylation sites is 1. The second kappa shape index (κ2) is 7.88. The Morgan fingerprint density at radius 1 is 1.10 bits per heavy atom. The normalized spacial score (nSPS) is 11.0. The van der Waals surface area contributed by atoms with Crippen LogP contribution in [0.15, 0.2) is 75.4 Å². The predicted molar refractivity (Wildman–Crippen MR) is 108 cm³/mol. The molecule has 0 unspecified atom stereocenters. The summed E-state index contributed by atoms with van der Waals surface area (Å²) in [7, 11) is 0. The number of nitrogens with one attached hydrogen (secondary N) is 1. The van der Waals surface area contributed by atoms with Crippen LogP contribution in [0.25, 0.3) is 5.65 Å². The minimum atomic E-state index is -0.526. The van der Waals surface area contributed by atoms with Crippen LogP contribution in [0.5, 0.6) is 0 Å². The zero-order valence-electron chi connectivity index (χ0n) is 15.4. The number of rotatable bonds is 5. The quantitative estimate of drug-likeness (QED) is 0.548. The van der Waals surface area contributed by atoms with Crippen molar-refractivity contribution in [1.82, 2.24) is 19.4 Å². The first-order valence-corrected chi connectivity index (χ1v) is 9.57. The number of aryl methyl sites for hydroxylation is 1. The molecule has 0 saturated heterocycles. The number of halogens is 1. The highest BCUT2D eigenvalue weighted by atomic mass is 32.2. The zero-order chi connectivity index (χ0) is 20.4. The summed E-state index contributed by atoms with van der Waals surface area (Å²) < 4.78 is 15.5. The molecule has 2 aromatic heterocycles. The number of anilines is 1. The van der Waals surface area contributed by atoms with Crippen molar-refractivity contribution < 1.29 is 9.18 Å². The fourth-order valence-corrected chi connectivity index (χ4v) is 3.56. The molecular formula is C20H16FN5O2S. The maximum absolute atomic E-state index is 13.4. The van der Waals surface area contributed by atoms with Crippen molar-refractivity contribution >= 4 is 29.0 Å². The van der Waals surface area contributed by atoms with Crippen molar-refractivity contribution in [1.29, 1.82) is 0 Å². The Morgan fingerprint density at radius 2 is 1.93 bits per heavy atom. The zero-order valence-corrected chi connectivity index (χ0v) is 16.2. The van der Waals surface area contributed by atoms with Crippen LogP contribution in [0.3, 0.4) is 0 Å². The van der Waals surface area contributed by atoms with Gasteiger partial charge in [0.15, 0.2) is 5.65 Å². The van der Waals surface area contributed by atoms with E-state index in [1.54, 1.807) is 30.3 Å². The Hall–Kier alpha value is -3.46. The maximum Gasteiger partial charge on any atom is 0.367 e. The van der Waals surface area contributed by atoms with E-state index in [2.05, 4.69) is 15.5 Å².